The highest BCUT2D eigenvalue weighted by Gasteiger charge is 2.26. The van der Waals surface area contributed by atoms with E-state index in [-0.39, 0.29) is 31.4 Å². The molecule has 0 fully saturated rings. The number of carbonyl (C=O) groups is 2. The number of aliphatic hydroxyl groups excluding tert-OH is 2. The first-order chi connectivity index (χ1) is 21.2. The van der Waals surface area contributed by atoms with Crippen LogP contribution in [0.15, 0.2) is 78.9 Å². The van der Waals surface area contributed by atoms with Crippen LogP contribution in [0.2, 0.25) is 0 Å². The number of nitrogens with zero attached hydrogens (tertiary/aromatic N) is 3. The van der Waals surface area contributed by atoms with Crippen LogP contribution in [0, 0.1) is 0 Å². The van der Waals surface area contributed by atoms with Crippen LogP contribution >= 0.6 is 0 Å². The molecule has 2 atom stereocenters. The van der Waals surface area contributed by atoms with Gasteiger partial charge in [0.25, 0.3) is 0 Å². The van der Waals surface area contributed by atoms with Crippen LogP contribution in [0.5, 0.6) is 0 Å². The molecule has 232 valence electrons. The Bertz CT molecular complexity index is 1460. The number of aromatic amines is 1. The van der Waals surface area contributed by atoms with Crippen molar-refractivity contribution in [3.8, 4) is 22.5 Å². The number of nitrogens with one attached hydrogen (secondary N) is 4. The van der Waals surface area contributed by atoms with Crippen molar-refractivity contribution in [3.05, 3.63) is 90.0 Å². The van der Waals surface area contributed by atoms with Gasteiger partial charge in [0.05, 0.1) is 12.7 Å². The molecule has 0 saturated carbocycles. The maximum absolute atomic E-state index is 13.4. The lowest BCUT2D eigenvalue weighted by atomic mass is 9.98. The van der Waals surface area contributed by atoms with E-state index in [2.05, 4.69) is 36.6 Å². The molecule has 2 amide bonds. The number of hydrogen-bond donors (Lipinski definition) is 6. The zero-order chi connectivity index (χ0) is 31.4. The van der Waals surface area contributed by atoms with E-state index < -0.39 is 17.7 Å². The second kappa shape index (κ2) is 15.9. The topological polar surface area (TPSA) is 165 Å². The van der Waals surface area contributed by atoms with Crippen molar-refractivity contribution in [1.29, 1.82) is 0 Å². The van der Waals surface area contributed by atoms with Gasteiger partial charge in [0.2, 0.25) is 11.8 Å². The van der Waals surface area contributed by atoms with E-state index in [0.717, 1.165) is 35.1 Å². The molecule has 0 radical (unpaired) electrons. The van der Waals surface area contributed by atoms with Gasteiger partial charge in [-0.1, -0.05) is 78.9 Å². The van der Waals surface area contributed by atoms with E-state index in [1.807, 2.05) is 92.7 Å². The summed E-state index contributed by atoms with van der Waals surface area (Å²) in [6, 6.07) is 25.1. The molecule has 6 N–H and O–H groups in total. The van der Waals surface area contributed by atoms with Gasteiger partial charge in [0, 0.05) is 30.6 Å². The van der Waals surface area contributed by atoms with Crippen LogP contribution in [0.3, 0.4) is 0 Å². The molecule has 0 bridgehead atoms. The Balaban J connectivity index is 1.38. The van der Waals surface area contributed by atoms with Crippen molar-refractivity contribution in [2.75, 3.05) is 13.2 Å². The van der Waals surface area contributed by atoms with E-state index in [1.165, 1.54) is 5.56 Å². The molecule has 11 nitrogen and oxygen atoms in total. The third-order valence-electron chi connectivity index (χ3n) is 7.34. The van der Waals surface area contributed by atoms with E-state index in [4.69, 9.17) is 5.11 Å². The second-order valence-electron chi connectivity index (χ2n) is 11.5. The molecule has 0 aliphatic rings. The number of aromatic nitrogens is 4. The van der Waals surface area contributed by atoms with Gasteiger partial charge in [-0.05, 0) is 65.8 Å². The third kappa shape index (κ3) is 9.80. The van der Waals surface area contributed by atoms with Crippen LogP contribution in [0.1, 0.15) is 44.2 Å². The Labute approximate surface area is 257 Å². The highest BCUT2D eigenvalue weighted by atomic mass is 16.3. The molecular formula is C33H41N7O4. The Morgan fingerprint density at radius 1 is 0.932 bits per heavy atom. The molecule has 44 heavy (non-hydrogen) atoms. The standard InChI is InChI=1S/C33H41N7O4/c1-33(2,35-21-26(42)22-41)19-30(43)36-29(14-8-11-23-9-4-3-5-10-23)32(44)34-20-24-15-17-25(18-16-24)27-12-6-7-13-28(27)31-37-39-40-38-31/h3-7,9-10,12-13,15-18,26,29,35,41-42H,8,11,14,19-22H2,1-2H3,(H,34,44)(H,36,43)(H,37,38,39,40)/t26-,29+/m0/s1. The van der Waals surface area contributed by atoms with Crippen LogP contribution in [0.4, 0.5) is 0 Å². The first-order valence-corrected chi connectivity index (χ1v) is 14.8. The zero-order valence-electron chi connectivity index (χ0n) is 25.2. The predicted octanol–water partition coefficient (Wildman–Crippen LogP) is 2.77. The molecule has 3 aromatic carbocycles. The Kier molecular flexibility index (Phi) is 11.7. The van der Waals surface area contributed by atoms with Gasteiger partial charge in [-0.2, -0.15) is 0 Å². The van der Waals surface area contributed by atoms with Gasteiger partial charge in [-0.25, -0.2) is 5.10 Å². The molecule has 0 unspecified atom stereocenters. The van der Waals surface area contributed by atoms with Crippen molar-refractivity contribution in [3.63, 3.8) is 0 Å². The summed E-state index contributed by atoms with van der Waals surface area (Å²) >= 11 is 0. The number of H-pyrrole nitrogens is 1. The number of β-amino-alcohol motifs (C(OH)–C–C–N with tert-alkyl or cyclic N) is 1. The van der Waals surface area contributed by atoms with Gasteiger partial charge in [0.15, 0.2) is 5.82 Å². The minimum Gasteiger partial charge on any atom is -0.394 e. The summed E-state index contributed by atoms with van der Waals surface area (Å²) in [6.07, 6.45) is 1.18. The van der Waals surface area contributed by atoms with E-state index in [9.17, 15) is 14.7 Å². The molecule has 1 heterocycles. The highest BCUT2D eigenvalue weighted by molar-refractivity contribution is 5.88. The van der Waals surface area contributed by atoms with Crippen molar-refractivity contribution >= 4 is 11.8 Å². The van der Waals surface area contributed by atoms with E-state index >= 15 is 0 Å². The monoisotopic (exact) mass is 599 g/mol. The lowest BCUT2D eigenvalue weighted by Crippen LogP contribution is -2.51. The minimum absolute atomic E-state index is 0.0979. The number of benzene rings is 3. The maximum Gasteiger partial charge on any atom is 0.242 e. The van der Waals surface area contributed by atoms with Gasteiger partial charge in [0.1, 0.15) is 6.04 Å². The fourth-order valence-corrected chi connectivity index (χ4v) is 4.92. The number of rotatable bonds is 16. The van der Waals surface area contributed by atoms with Crippen LogP contribution in [0.25, 0.3) is 22.5 Å². The lowest BCUT2D eigenvalue weighted by molar-refractivity contribution is -0.130. The Morgan fingerprint density at radius 3 is 2.32 bits per heavy atom. The molecular weight excluding hydrogens is 558 g/mol. The molecule has 0 aliphatic carbocycles. The fraction of sp³-hybridized carbons (Fsp3) is 0.364. The third-order valence-corrected chi connectivity index (χ3v) is 7.34. The van der Waals surface area contributed by atoms with E-state index in [1.54, 1.807) is 0 Å². The molecule has 0 saturated heterocycles. The predicted molar refractivity (Wildman–Crippen MR) is 168 cm³/mol. The zero-order valence-corrected chi connectivity index (χ0v) is 25.2. The normalized spacial score (nSPS) is 12.8. The summed E-state index contributed by atoms with van der Waals surface area (Å²) < 4.78 is 0. The van der Waals surface area contributed by atoms with Gasteiger partial charge >= 0.3 is 0 Å². The van der Waals surface area contributed by atoms with Crippen LogP contribution in [-0.4, -0.2) is 73.5 Å². The smallest absolute Gasteiger partial charge is 0.242 e. The van der Waals surface area contributed by atoms with Crippen molar-refractivity contribution in [2.24, 2.45) is 0 Å². The lowest BCUT2D eigenvalue weighted by Gasteiger charge is -2.28. The number of aryl methyl sites for hydroxylation is 1. The van der Waals surface area contributed by atoms with Gasteiger partial charge in [-0.15, -0.1) is 5.10 Å². The quantitative estimate of drug-likeness (QED) is 0.114. The molecule has 0 spiro atoms. The number of tetrazole rings is 1. The first-order valence-electron chi connectivity index (χ1n) is 14.8. The van der Waals surface area contributed by atoms with Crippen molar-refractivity contribution in [1.82, 2.24) is 36.6 Å². The molecule has 1 aromatic heterocycles. The fourth-order valence-electron chi connectivity index (χ4n) is 4.92. The summed E-state index contributed by atoms with van der Waals surface area (Å²) in [4.78, 5) is 26.4. The van der Waals surface area contributed by atoms with Crippen molar-refractivity contribution in [2.45, 2.75) is 63.8 Å². The minimum atomic E-state index is -0.914. The van der Waals surface area contributed by atoms with E-state index in [0.29, 0.717) is 18.8 Å². The highest BCUT2D eigenvalue weighted by Crippen LogP contribution is 2.29. The summed E-state index contributed by atoms with van der Waals surface area (Å²) in [7, 11) is 0. The average molecular weight is 600 g/mol. The molecule has 4 rings (SSSR count). The first kappa shape index (κ1) is 32.5. The largest absolute Gasteiger partial charge is 0.394 e. The molecule has 4 aromatic rings. The summed E-state index contributed by atoms with van der Waals surface area (Å²) in [5.74, 6) is 0.0603. The van der Waals surface area contributed by atoms with Gasteiger partial charge < -0.3 is 26.2 Å². The molecule has 11 heteroatoms. The second-order valence-corrected chi connectivity index (χ2v) is 11.5. The number of hydrogen-bond acceptors (Lipinski definition) is 8. The summed E-state index contributed by atoms with van der Waals surface area (Å²) in [6.45, 7) is 3.77. The Hall–Kier alpha value is -4.45. The van der Waals surface area contributed by atoms with Crippen molar-refractivity contribution < 1.29 is 19.8 Å². The maximum atomic E-state index is 13.4. The SMILES string of the molecule is CC(C)(CC(=O)N[C@H](CCCc1ccccc1)C(=O)NCc1ccc(-c2ccccc2-c2nnn[nH]2)cc1)NC[C@H](O)CO. The van der Waals surface area contributed by atoms with Gasteiger partial charge in [-0.3, -0.25) is 9.59 Å². The van der Waals surface area contributed by atoms with Crippen LogP contribution < -0.4 is 16.0 Å². The number of aliphatic hydroxyl groups is 2. The number of carbonyl (C=O) groups excluding carboxylic acids is 2. The summed E-state index contributed by atoms with van der Waals surface area (Å²) in [5.41, 5.74) is 4.30. The number of amides is 2. The molecule has 0 aliphatic heterocycles. The Morgan fingerprint density at radius 2 is 1.64 bits per heavy atom. The summed E-state index contributed by atoms with van der Waals surface area (Å²) in [5, 5.41) is 42.0. The average Bonchev–Trinajstić information content (AvgIpc) is 3.58. The van der Waals surface area contributed by atoms with Crippen LogP contribution in [-0.2, 0) is 22.6 Å².